The van der Waals surface area contributed by atoms with Crippen LogP contribution in [-0.2, 0) is 14.8 Å². The predicted octanol–water partition coefficient (Wildman–Crippen LogP) is 1.79. The molecule has 1 unspecified atom stereocenters. The van der Waals surface area contributed by atoms with Crippen molar-refractivity contribution in [2.45, 2.75) is 24.2 Å². The first-order chi connectivity index (χ1) is 12.1. The van der Waals surface area contributed by atoms with E-state index in [1.165, 1.54) is 16.4 Å². The molecular weight excluding hydrogens is 340 g/mol. The lowest BCUT2D eigenvalue weighted by Crippen LogP contribution is -2.40. The Morgan fingerprint density at radius 3 is 2.52 bits per heavy atom. The number of hydrogen-bond donors (Lipinski definition) is 1. The molecule has 3 rings (SSSR count). The van der Waals surface area contributed by atoms with Crippen molar-refractivity contribution in [3.8, 4) is 0 Å². The number of hydrogen-bond acceptors (Lipinski definition) is 4. The van der Waals surface area contributed by atoms with Crippen LogP contribution < -0.4 is 5.32 Å². The molecule has 7 heteroatoms. The second-order valence-electron chi connectivity index (χ2n) is 6.40. The van der Waals surface area contributed by atoms with Crippen molar-refractivity contribution >= 4 is 15.9 Å². The molecule has 1 atom stereocenters. The van der Waals surface area contributed by atoms with E-state index in [9.17, 15) is 13.2 Å². The Hall–Kier alpha value is -1.70. The van der Waals surface area contributed by atoms with Crippen LogP contribution in [0.1, 0.15) is 29.6 Å². The number of nitrogens with one attached hydrogen (secondary N) is 1. The normalized spacial score (nSPS) is 21.8. The molecule has 0 spiro atoms. The maximum atomic E-state index is 12.6. The van der Waals surface area contributed by atoms with Gasteiger partial charge in [0.25, 0.3) is 5.91 Å². The third-order valence-corrected chi connectivity index (χ3v) is 6.57. The van der Waals surface area contributed by atoms with E-state index in [0.29, 0.717) is 44.3 Å². The lowest BCUT2D eigenvalue weighted by Gasteiger charge is -2.26. The number of carbonyl (C=O) groups excluding carboxylic acids is 1. The highest BCUT2D eigenvalue weighted by Gasteiger charge is 2.26. The molecule has 2 aliphatic rings. The number of allylic oxidation sites excluding steroid dienone is 2. The van der Waals surface area contributed by atoms with E-state index in [4.69, 9.17) is 4.74 Å². The van der Waals surface area contributed by atoms with Gasteiger partial charge < -0.3 is 10.1 Å². The number of sulfonamides is 1. The van der Waals surface area contributed by atoms with Crippen molar-refractivity contribution in [3.05, 3.63) is 42.0 Å². The first-order valence-electron chi connectivity index (χ1n) is 8.68. The minimum absolute atomic E-state index is 0.162. The van der Waals surface area contributed by atoms with Gasteiger partial charge in [0.1, 0.15) is 0 Å². The molecule has 0 radical (unpaired) electrons. The highest BCUT2D eigenvalue weighted by atomic mass is 32.2. The van der Waals surface area contributed by atoms with E-state index >= 15 is 0 Å². The van der Waals surface area contributed by atoms with Crippen molar-refractivity contribution in [1.82, 2.24) is 9.62 Å². The van der Waals surface area contributed by atoms with E-state index in [2.05, 4.69) is 17.5 Å². The van der Waals surface area contributed by atoms with Crippen LogP contribution in [0.4, 0.5) is 0 Å². The zero-order chi connectivity index (χ0) is 17.7. The van der Waals surface area contributed by atoms with E-state index in [-0.39, 0.29) is 10.8 Å². The SMILES string of the molecule is O=C(NCC1CC=CCC1)c1ccc(S(=O)(=O)N2CCOCC2)cc1. The minimum Gasteiger partial charge on any atom is -0.379 e. The minimum atomic E-state index is -3.52. The van der Waals surface area contributed by atoms with Crippen molar-refractivity contribution in [3.63, 3.8) is 0 Å². The van der Waals surface area contributed by atoms with Gasteiger partial charge in [-0.3, -0.25) is 4.79 Å². The summed E-state index contributed by atoms with van der Waals surface area (Å²) in [5, 5.41) is 2.94. The number of amides is 1. The maximum absolute atomic E-state index is 12.6. The predicted molar refractivity (Wildman–Crippen MR) is 94.8 cm³/mol. The van der Waals surface area contributed by atoms with E-state index in [1.807, 2.05) is 0 Å². The zero-order valence-corrected chi connectivity index (χ0v) is 15.0. The summed E-state index contributed by atoms with van der Waals surface area (Å²) in [6, 6.07) is 6.15. The maximum Gasteiger partial charge on any atom is 0.251 e. The summed E-state index contributed by atoms with van der Waals surface area (Å²) in [6.45, 7) is 2.20. The monoisotopic (exact) mass is 364 g/mol. The van der Waals surface area contributed by atoms with Crippen LogP contribution in [0.3, 0.4) is 0 Å². The largest absolute Gasteiger partial charge is 0.379 e. The molecule has 25 heavy (non-hydrogen) atoms. The summed E-state index contributed by atoms with van der Waals surface area (Å²) < 4.78 is 31.7. The molecule has 1 amide bonds. The van der Waals surface area contributed by atoms with Crippen LogP contribution >= 0.6 is 0 Å². The average molecular weight is 364 g/mol. The summed E-state index contributed by atoms with van der Waals surface area (Å²) in [4.78, 5) is 12.5. The molecule has 6 nitrogen and oxygen atoms in total. The molecule has 0 bridgehead atoms. The van der Waals surface area contributed by atoms with Gasteiger partial charge in [0, 0.05) is 25.2 Å². The molecule has 1 aromatic carbocycles. The van der Waals surface area contributed by atoms with Gasteiger partial charge in [-0.25, -0.2) is 8.42 Å². The second-order valence-corrected chi connectivity index (χ2v) is 8.34. The fourth-order valence-corrected chi connectivity index (χ4v) is 4.50. The molecule has 0 aromatic heterocycles. The smallest absolute Gasteiger partial charge is 0.251 e. The van der Waals surface area contributed by atoms with Gasteiger partial charge >= 0.3 is 0 Å². The quantitative estimate of drug-likeness (QED) is 0.809. The molecular formula is C18H24N2O4S. The van der Waals surface area contributed by atoms with Gasteiger partial charge in [0.15, 0.2) is 0 Å². The Kier molecular flexibility index (Phi) is 5.88. The highest BCUT2D eigenvalue weighted by Crippen LogP contribution is 2.19. The first kappa shape index (κ1) is 18.1. The fraction of sp³-hybridized carbons (Fsp3) is 0.500. The van der Waals surface area contributed by atoms with Gasteiger partial charge in [0.2, 0.25) is 10.0 Å². The van der Waals surface area contributed by atoms with Crippen molar-refractivity contribution in [1.29, 1.82) is 0 Å². The third-order valence-electron chi connectivity index (χ3n) is 4.65. The molecule has 1 fully saturated rings. The van der Waals surface area contributed by atoms with Crippen molar-refractivity contribution in [2.75, 3.05) is 32.8 Å². The number of ether oxygens (including phenoxy) is 1. The van der Waals surface area contributed by atoms with Gasteiger partial charge in [-0.2, -0.15) is 4.31 Å². The Labute approximate surface area is 148 Å². The fourth-order valence-electron chi connectivity index (χ4n) is 3.10. The van der Waals surface area contributed by atoms with E-state index in [0.717, 1.165) is 19.3 Å². The lowest BCUT2D eigenvalue weighted by molar-refractivity contribution is 0.0730. The summed E-state index contributed by atoms with van der Waals surface area (Å²) in [7, 11) is -3.52. The van der Waals surface area contributed by atoms with Crippen LogP contribution in [0.25, 0.3) is 0 Å². The summed E-state index contributed by atoms with van der Waals surface area (Å²) in [5.74, 6) is 0.319. The standard InChI is InChI=1S/C18H24N2O4S/c21-18(19-14-15-4-2-1-3-5-15)16-6-8-17(9-7-16)25(22,23)20-10-12-24-13-11-20/h1-2,6-9,15H,3-5,10-14H2,(H,19,21). The lowest BCUT2D eigenvalue weighted by atomic mass is 9.94. The Morgan fingerprint density at radius 1 is 1.16 bits per heavy atom. The van der Waals surface area contributed by atoms with Gasteiger partial charge in [-0.15, -0.1) is 0 Å². The molecule has 1 N–H and O–H groups in total. The topological polar surface area (TPSA) is 75.7 Å². The molecule has 0 saturated carbocycles. The van der Waals surface area contributed by atoms with E-state index in [1.54, 1.807) is 12.1 Å². The summed E-state index contributed by atoms with van der Waals surface area (Å²) in [6.07, 6.45) is 7.48. The highest BCUT2D eigenvalue weighted by molar-refractivity contribution is 7.89. The van der Waals surface area contributed by atoms with Crippen LogP contribution in [0, 0.1) is 5.92 Å². The molecule has 1 aromatic rings. The van der Waals surface area contributed by atoms with Gasteiger partial charge in [0.05, 0.1) is 18.1 Å². The Morgan fingerprint density at radius 2 is 1.88 bits per heavy atom. The molecule has 136 valence electrons. The molecule has 1 aliphatic heterocycles. The van der Waals surface area contributed by atoms with Crippen LogP contribution in [0.5, 0.6) is 0 Å². The molecule has 1 aliphatic carbocycles. The number of rotatable bonds is 5. The number of carbonyl (C=O) groups is 1. The van der Waals surface area contributed by atoms with E-state index < -0.39 is 10.0 Å². The van der Waals surface area contributed by atoms with Gasteiger partial charge in [-0.05, 0) is 49.4 Å². The van der Waals surface area contributed by atoms with Crippen molar-refractivity contribution in [2.24, 2.45) is 5.92 Å². The zero-order valence-electron chi connectivity index (χ0n) is 14.2. The summed E-state index contributed by atoms with van der Waals surface area (Å²) >= 11 is 0. The number of benzene rings is 1. The second kappa shape index (κ2) is 8.12. The molecule has 1 saturated heterocycles. The van der Waals surface area contributed by atoms with Crippen LogP contribution in [0.2, 0.25) is 0 Å². The third kappa shape index (κ3) is 4.48. The number of nitrogens with zero attached hydrogens (tertiary/aromatic N) is 1. The van der Waals surface area contributed by atoms with Gasteiger partial charge in [-0.1, -0.05) is 12.2 Å². The average Bonchev–Trinajstić information content (AvgIpc) is 2.68. The number of morpholine rings is 1. The Bertz CT molecular complexity index is 722. The van der Waals surface area contributed by atoms with Crippen molar-refractivity contribution < 1.29 is 17.9 Å². The first-order valence-corrected chi connectivity index (χ1v) is 10.1. The molecule has 1 heterocycles. The van der Waals surface area contributed by atoms with Crippen LogP contribution in [0.15, 0.2) is 41.3 Å². The summed E-state index contributed by atoms with van der Waals surface area (Å²) in [5.41, 5.74) is 0.479. The van der Waals surface area contributed by atoms with Crippen LogP contribution in [-0.4, -0.2) is 51.5 Å². The Balaban J connectivity index is 1.61.